The molecule has 3 aromatic rings. The summed E-state index contributed by atoms with van der Waals surface area (Å²) in [4.78, 5) is 17.2. The molecule has 96 valence electrons. The van der Waals surface area contributed by atoms with Crippen molar-refractivity contribution in [3.63, 3.8) is 0 Å². The van der Waals surface area contributed by atoms with Crippen molar-refractivity contribution in [1.29, 1.82) is 0 Å². The number of carbonyl (C=O) groups excluding carboxylic acids is 1. The van der Waals surface area contributed by atoms with E-state index < -0.39 is 0 Å². The van der Waals surface area contributed by atoms with Crippen LogP contribution in [0.4, 0.5) is 5.69 Å². The molecule has 0 atom stereocenters. The summed E-state index contributed by atoms with van der Waals surface area (Å²) in [5.41, 5.74) is 1.57. The third-order valence-corrected chi connectivity index (χ3v) is 3.91. The number of imidazole rings is 1. The molecular formula is C13H10BrN3OS. The summed E-state index contributed by atoms with van der Waals surface area (Å²) in [5, 5.41) is 4.81. The Morgan fingerprint density at radius 3 is 2.89 bits per heavy atom. The summed E-state index contributed by atoms with van der Waals surface area (Å²) in [7, 11) is 0. The van der Waals surface area contributed by atoms with Crippen LogP contribution in [0.2, 0.25) is 0 Å². The van der Waals surface area contributed by atoms with Gasteiger partial charge in [0, 0.05) is 27.9 Å². The van der Waals surface area contributed by atoms with Gasteiger partial charge in [-0.1, -0.05) is 15.9 Å². The number of fused-ring (bicyclic) bond motifs is 1. The van der Waals surface area contributed by atoms with Crippen LogP contribution in [0.15, 0.2) is 46.5 Å². The van der Waals surface area contributed by atoms with E-state index in [9.17, 15) is 4.79 Å². The molecule has 2 aromatic heterocycles. The molecule has 0 radical (unpaired) electrons. The fourth-order valence-corrected chi connectivity index (χ4v) is 2.75. The van der Waals surface area contributed by atoms with Crippen molar-refractivity contribution >= 4 is 43.8 Å². The summed E-state index contributed by atoms with van der Waals surface area (Å²) in [5.74, 6) is -0.0620. The van der Waals surface area contributed by atoms with Gasteiger partial charge in [-0.15, -0.1) is 11.3 Å². The zero-order valence-corrected chi connectivity index (χ0v) is 12.2. The average molecular weight is 336 g/mol. The van der Waals surface area contributed by atoms with Gasteiger partial charge in [0.2, 0.25) is 5.91 Å². The Labute approximate surface area is 122 Å². The second-order valence-corrected chi connectivity index (χ2v) is 5.85. The number of amides is 1. The van der Waals surface area contributed by atoms with Crippen LogP contribution < -0.4 is 5.32 Å². The molecule has 0 saturated heterocycles. The predicted octanol–water partition coefficient (Wildman–Crippen LogP) is 3.34. The molecule has 4 nitrogen and oxygen atoms in total. The van der Waals surface area contributed by atoms with Crippen molar-refractivity contribution in [3.05, 3.63) is 52.2 Å². The minimum atomic E-state index is -0.0620. The maximum absolute atomic E-state index is 11.9. The van der Waals surface area contributed by atoms with Crippen LogP contribution in [0.25, 0.3) is 4.96 Å². The number of hydrogen-bond donors (Lipinski definition) is 1. The lowest BCUT2D eigenvalue weighted by Crippen LogP contribution is -2.14. The van der Waals surface area contributed by atoms with E-state index in [2.05, 4.69) is 26.2 Å². The smallest absolute Gasteiger partial charge is 0.230 e. The van der Waals surface area contributed by atoms with E-state index in [0.717, 1.165) is 20.8 Å². The first kappa shape index (κ1) is 12.4. The van der Waals surface area contributed by atoms with Gasteiger partial charge in [-0.05, 0) is 24.3 Å². The summed E-state index contributed by atoms with van der Waals surface area (Å²) in [6.45, 7) is 0. The number of thiazole rings is 1. The Hall–Kier alpha value is -1.66. The molecular weight excluding hydrogens is 326 g/mol. The zero-order valence-electron chi connectivity index (χ0n) is 9.84. The molecule has 0 spiro atoms. The Kier molecular flexibility index (Phi) is 3.35. The third-order valence-electron chi connectivity index (χ3n) is 2.61. The Morgan fingerprint density at radius 1 is 1.37 bits per heavy atom. The highest BCUT2D eigenvalue weighted by Gasteiger charge is 2.08. The molecule has 0 fully saturated rings. The number of anilines is 1. The predicted molar refractivity (Wildman–Crippen MR) is 79.5 cm³/mol. The van der Waals surface area contributed by atoms with Crippen molar-refractivity contribution in [2.45, 2.75) is 6.42 Å². The normalized spacial score (nSPS) is 10.8. The van der Waals surface area contributed by atoms with Gasteiger partial charge in [-0.25, -0.2) is 4.98 Å². The van der Waals surface area contributed by atoms with E-state index in [0.29, 0.717) is 0 Å². The summed E-state index contributed by atoms with van der Waals surface area (Å²) in [6.07, 6.45) is 4.10. The molecule has 0 saturated carbocycles. The topological polar surface area (TPSA) is 46.4 Å². The number of rotatable bonds is 3. The monoisotopic (exact) mass is 335 g/mol. The molecule has 0 bridgehead atoms. The van der Waals surface area contributed by atoms with Gasteiger partial charge >= 0.3 is 0 Å². The van der Waals surface area contributed by atoms with Crippen LogP contribution in [-0.2, 0) is 11.2 Å². The number of benzene rings is 1. The first-order chi connectivity index (χ1) is 9.20. The number of carbonyl (C=O) groups is 1. The van der Waals surface area contributed by atoms with E-state index in [1.165, 1.54) is 0 Å². The van der Waals surface area contributed by atoms with Gasteiger partial charge in [0.15, 0.2) is 4.96 Å². The second kappa shape index (κ2) is 5.14. The van der Waals surface area contributed by atoms with Gasteiger partial charge in [0.25, 0.3) is 0 Å². The van der Waals surface area contributed by atoms with Crippen molar-refractivity contribution in [2.24, 2.45) is 0 Å². The highest BCUT2D eigenvalue weighted by Crippen LogP contribution is 2.15. The van der Waals surface area contributed by atoms with Crippen molar-refractivity contribution in [2.75, 3.05) is 5.32 Å². The van der Waals surface area contributed by atoms with Gasteiger partial charge in [-0.2, -0.15) is 0 Å². The van der Waals surface area contributed by atoms with Crippen LogP contribution in [0.5, 0.6) is 0 Å². The highest BCUT2D eigenvalue weighted by atomic mass is 79.9. The highest BCUT2D eigenvalue weighted by molar-refractivity contribution is 9.10. The fourth-order valence-electron chi connectivity index (χ4n) is 1.76. The quantitative estimate of drug-likeness (QED) is 0.797. The first-order valence-corrected chi connectivity index (χ1v) is 7.34. The molecule has 19 heavy (non-hydrogen) atoms. The first-order valence-electron chi connectivity index (χ1n) is 5.67. The van der Waals surface area contributed by atoms with E-state index in [4.69, 9.17) is 0 Å². The molecule has 1 amide bonds. The van der Waals surface area contributed by atoms with E-state index in [1.807, 2.05) is 46.4 Å². The number of aromatic nitrogens is 2. The molecule has 2 heterocycles. The van der Waals surface area contributed by atoms with Crippen LogP contribution in [0, 0.1) is 0 Å². The average Bonchev–Trinajstić information content (AvgIpc) is 2.92. The van der Waals surface area contributed by atoms with Gasteiger partial charge in [-0.3, -0.25) is 9.20 Å². The van der Waals surface area contributed by atoms with Crippen LogP contribution in [-0.4, -0.2) is 15.3 Å². The Balaban J connectivity index is 1.68. The largest absolute Gasteiger partial charge is 0.326 e. The van der Waals surface area contributed by atoms with Crippen LogP contribution in [0.3, 0.4) is 0 Å². The maximum atomic E-state index is 11.9. The Bertz CT molecular complexity index is 688. The lowest BCUT2D eigenvalue weighted by molar-refractivity contribution is -0.115. The van der Waals surface area contributed by atoms with E-state index >= 15 is 0 Å². The standard InChI is InChI=1S/C13H10BrN3OS/c14-9-1-3-10(4-2-9)15-12(18)7-11-8-17-5-6-19-13(17)16-11/h1-6,8H,7H2,(H,15,18). The SMILES string of the molecule is O=C(Cc1cn2ccsc2n1)Nc1ccc(Br)cc1. The zero-order chi connectivity index (χ0) is 13.2. The van der Waals surface area contributed by atoms with E-state index in [1.54, 1.807) is 11.3 Å². The molecule has 0 aliphatic heterocycles. The number of halogens is 1. The minimum absolute atomic E-state index is 0.0620. The lowest BCUT2D eigenvalue weighted by atomic mass is 10.3. The molecule has 1 aromatic carbocycles. The lowest BCUT2D eigenvalue weighted by Gasteiger charge is -2.03. The molecule has 1 N–H and O–H groups in total. The molecule has 0 aliphatic carbocycles. The maximum Gasteiger partial charge on any atom is 0.230 e. The van der Waals surface area contributed by atoms with Crippen LogP contribution in [0.1, 0.15) is 5.69 Å². The number of nitrogens with one attached hydrogen (secondary N) is 1. The minimum Gasteiger partial charge on any atom is -0.326 e. The van der Waals surface area contributed by atoms with Gasteiger partial charge < -0.3 is 5.32 Å². The fraction of sp³-hybridized carbons (Fsp3) is 0.0769. The van der Waals surface area contributed by atoms with Crippen molar-refractivity contribution in [1.82, 2.24) is 9.38 Å². The molecule has 3 rings (SSSR count). The second-order valence-electron chi connectivity index (χ2n) is 4.06. The summed E-state index contributed by atoms with van der Waals surface area (Å²) in [6, 6.07) is 7.49. The van der Waals surface area contributed by atoms with E-state index in [-0.39, 0.29) is 12.3 Å². The van der Waals surface area contributed by atoms with Crippen LogP contribution >= 0.6 is 27.3 Å². The number of hydrogen-bond acceptors (Lipinski definition) is 3. The van der Waals surface area contributed by atoms with Crippen molar-refractivity contribution in [3.8, 4) is 0 Å². The summed E-state index contributed by atoms with van der Waals surface area (Å²) < 4.78 is 2.91. The molecule has 0 aliphatic rings. The number of nitrogens with zero attached hydrogens (tertiary/aromatic N) is 2. The summed E-state index contributed by atoms with van der Waals surface area (Å²) >= 11 is 4.91. The molecule has 6 heteroatoms. The van der Waals surface area contributed by atoms with Gasteiger partial charge in [0.1, 0.15) is 0 Å². The molecule has 0 unspecified atom stereocenters. The Morgan fingerprint density at radius 2 is 2.16 bits per heavy atom. The van der Waals surface area contributed by atoms with Gasteiger partial charge in [0.05, 0.1) is 12.1 Å². The third kappa shape index (κ3) is 2.85. The van der Waals surface area contributed by atoms with Crippen molar-refractivity contribution < 1.29 is 4.79 Å².